The molecule has 0 aliphatic heterocycles. The highest BCUT2D eigenvalue weighted by Crippen LogP contribution is 2.20. The van der Waals surface area contributed by atoms with Crippen molar-refractivity contribution in [2.45, 2.75) is 0 Å². The van der Waals surface area contributed by atoms with E-state index in [0.717, 1.165) is 17.3 Å². The van der Waals surface area contributed by atoms with Gasteiger partial charge in [-0.1, -0.05) is 46.4 Å². The van der Waals surface area contributed by atoms with Gasteiger partial charge in [0.2, 0.25) is 0 Å². The molecule has 1 unspecified atom stereocenters. The van der Waals surface area contributed by atoms with Crippen LogP contribution in [-0.4, -0.2) is 27.6 Å². The predicted octanol–water partition coefficient (Wildman–Crippen LogP) is 4.50. The van der Waals surface area contributed by atoms with Crippen molar-refractivity contribution in [1.82, 2.24) is 0 Å². The molecule has 17 heavy (non-hydrogen) atoms. The second-order valence-corrected chi connectivity index (χ2v) is 8.36. The van der Waals surface area contributed by atoms with Crippen molar-refractivity contribution in [1.29, 1.82) is 0 Å². The Morgan fingerprint density at radius 2 is 1.29 bits per heavy atom. The maximum absolute atomic E-state index is 10.8. The molecular formula is C12H20OS4. The summed E-state index contributed by atoms with van der Waals surface area (Å²) in [5.74, 6) is 3.37. The zero-order valence-corrected chi connectivity index (χ0v) is 13.3. The number of hydrogen-bond donors (Lipinski definition) is 0. The Morgan fingerprint density at radius 3 is 1.65 bits per heavy atom. The molecule has 5 heteroatoms. The van der Waals surface area contributed by atoms with Crippen molar-refractivity contribution in [3.8, 4) is 0 Å². The molecule has 0 aliphatic carbocycles. The quantitative estimate of drug-likeness (QED) is 0.257. The molecular weight excluding hydrogens is 288 g/mol. The maximum atomic E-state index is 10.8. The van der Waals surface area contributed by atoms with Gasteiger partial charge in [-0.2, -0.15) is 0 Å². The van der Waals surface area contributed by atoms with Crippen LogP contribution in [0.4, 0.5) is 0 Å². The average molecular weight is 309 g/mol. The highest BCUT2D eigenvalue weighted by Gasteiger charge is 2.01. The predicted molar refractivity (Wildman–Crippen MR) is 91.2 cm³/mol. The number of hydrogen-bond acceptors (Lipinski definition) is 4. The molecule has 0 spiro atoms. The Hall–Kier alpha value is 0.320. The highest BCUT2D eigenvalue weighted by molar-refractivity contribution is 8.76. The molecule has 0 fully saturated rings. The lowest BCUT2D eigenvalue weighted by Crippen LogP contribution is -1.97. The normalized spacial score (nSPS) is 10.6. The van der Waals surface area contributed by atoms with Crippen molar-refractivity contribution in [2.75, 3.05) is 23.0 Å². The van der Waals surface area contributed by atoms with Crippen LogP contribution in [0.15, 0.2) is 50.6 Å². The van der Waals surface area contributed by atoms with Gasteiger partial charge < -0.3 is 4.55 Å². The van der Waals surface area contributed by atoms with Crippen LogP contribution in [0, 0.1) is 0 Å². The van der Waals surface area contributed by atoms with Crippen molar-refractivity contribution >= 4 is 42.6 Å². The first-order chi connectivity index (χ1) is 8.22. The topological polar surface area (TPSA) is 23.1 Å². The summed E-state index contributed by atoms with van der Waals surface area (Å²) in [7, 11) is 4.20. The lowest BCUT2D eigenvalue weighted by Gasteiger charge is -2.02. The average Bonchev–Trinajstić information content (AvgIpc) is 2.33. The highest BCUT2D eigenvalue weighted by atomic mass is 33.1. The minimum Gasteiger partial charge on any atom is -0.605 e. The SMILES string of the molecule is C=CCSSCC=C.C=CCS[S+]([O-])CC=C. The van der Waals surface area contributed by atoms with Crippen LogP contribution >= 0.6 is 32.4 Å². The van der Waals surface area contributed by atoms with Crippen molar-refractivity contribution in [3.05, 3.63) is 50.6 Å². The Balaban J connectivity index is 0. The molecule has 0 bridgehead atoms. The van der Waals surface area contributed by atoms with Gasteiger partial charge in [-0.15, -0.1) is 19.7 Å². The van der Waals surface area contributed by atoms with Crippen LogP contribution in [0.1, 0.15) is 0 Å². The summed E-state index contributed by atoms with van der Waals surface area (Å²) in [5.41, 5.74) is 0. The summed E-state index contributed by atoms with van der Waals surface area (Å²) in [4.78, 5) is 0. The standard InChI is InChI=1S/C6H10OS2.C6H10S2/c1-3-5-8-9(7)6-4-2;1-3-5-7-8-6-4-2/h3-4H,1-2,5-6H2;3-4H,1-2,5-6H2. The second-order valence-electron chi connectivity index (χ2n) is 2.48. The fourth-order valence-corrected chi connectivity index (χ4v) is 3.86. The fourth-order valence-electron chi connectivity index (χ4n) is 0.461. The smallest absolute Gasteiger partial charge is 0.135 e. The van der Waals surface area contributed by atoms with E-state index in [1.54, 1.807) is 33.7 Å². The molecule has 0 rings (SSSR count). The lowest BCUT2D eigenvalue weighted by molar-refractivity contribution is 0.612. The van der Waals surface area contributed by atoms with Gasteiger partial charge in [-0.3, -0.25) is 0 Å². The molecule has 0 amide bonds. The third-order valence-electron chi connectivity index (χ3n) is 1.03. The van der Waals surface area contributed by atoms with Crippen LogP contribution in [-0.2, 0) is 10.2 Å². The van der Waals surface area contributed by atoms with E-state index >= 15 is 0 Å². The van der Waals surface area contributed by atoms with E-state index in [1.165, 1.54) is 10.8 Å². The summed E-state index contributed by atoms with van der Waals surface area (Å²) in [6.45, 7) is 14.2. The third-order valence-corrected chi connectivity index (χ3v) is 6.00. The third kappa shape index (κ3) is 22.0. The van der Waals surface area contributed by atoms with E-state index in [-0.39, 0.29) is 0 Å². The molecule has 0 aromatic rings. The van der Waals surface area contributed by atoms with E-state index < -0.39 is 10.2 Å². The molecule has 0 saturated heterocycles. The summed E-state index contributed by atoms with van der Waals surface area (Å²) < 4.78 is 10.8. The first-order valence-corrected chi connectivity index (χ1v) is 10.2. The first-order valence-electron chi connectivity index (χ1n) is 4.92. The Morgan fingerprint density at radius 1 is 0.824 bits per heavy atom. The Kier molecular flexibility index (Phi) is 21.6. The Bertz CT molecular complexity index is 197. The minimum absolute atomic E-state index is 0.568. The second kappa shape index (κ2) is 18.7. The molecule has 98 valence electrons. The van der Waals surface area contributed by atoms with Crippen molar-refractivity contribution in [2.24, 2.45) is 0 Å². The van der Waals surface area contributed by atoms with Gasteiger partial charge in [-0.25, -0.2) is 0 Å². The molecule has 0 N–H and O–H groups in total. The number of rotatable bonds is 10. The summed E-state index contributed by atoms with van der Waals surface area (Å²) in [5, 5.41) is 0. The molecule has 0 aromatic heterocycles. The molecule has 1 nitrogen and oxygen atoms in total. The largest absolute Gasteiger partial charge is 0.605 e. The van der Waals surface area contributed by atoms with E-state index in [2.05, 4.69) is 26.3 Å². The van der Waals surface area contributed by atoms with Crippen LogP contribution in [0.5, 0.6) is 0 Å². The maximum Gasteiger partial charge on any atom is 0.135 e. The Labute approximate surface area is 120 Å². The zero-order chi connectivity index (χ0) is 13.4. The summed E-state index contributed by atoms with van der Waals surface area (Å²) >= 11 is 0. The van der Waals surface area contributed by atoms with Gasteiger partial charge >= 0.3 is 0 Å². The van der Waals surface area contributed by atoms with E-state index in [1.807, 2.05) is 12.2 Å². The van der Waals surface area contributed by atoms with Gasteiger partial charge in [-0.05, 0) is 6.08 Å². The van der Waals surface area contributed by atoms with Crippen LogP contribution in [0.25, 0.3) is 0 Å². The van der Waals surface area contributed by atoms with E-state index in [0.29, 0.717) is 5.75 Å². The lowest BCUT2D eigenvalue weighted by atomic mass is 10.8. The van der Waals surface area contributed by atoms with Crippen LogP contribution in [0.2, 0.25) is 0 Å². The molecule has 0 radical (unpaired) electrons. The van der Waals surface area contributed by atoms with Crippen molar-refractivity contribution in [3.63, 3.8) is 0 Å². The minimum atomic E-state index is -0.793. The first kappa shape index (κ1) is 19.7. The van der Waals surface area contributed by atoms with Crippen LogP contribution in [0.3, 0.4) is 0 Å². The molecule has 1 atom stereocenters. The zero-order valence-electron chi connectivity index (χ0n) is 10.0. The van der Waals surface area contributed by atoms with Crippen LogP contribution < -0.4 is 0 Å². The monoisotopic (exact) mass is 308 g/mol. The molecule has 0 aromatic carbocycles. The van der Waals surface area contributed by atoms with E-state index in [4.69, 9.17) is 0 Å². The molecule has 0 heterocycles. The molecule has 0 aliphatic rings. The fraction of sp³-hybridized carbons (Fsp3) is 0.333. The molecule has 0 saturated carbocycles. The van der Waals surface area contributed by atoms with Gasteiger partial charge in [0, 0.05) is 21.7 Å². The van der Waals surface area contributed by atoms with Gasteiger partial charge in [0.1, 0.15) is 5.75 Å². The van der Waals surface area contributed by atoms with Gasteiger partial charge in [0.25, 0.3) is 0 Å². The van der Waals surface area contributed by atoms with Gasteiger partial charge in [0.15, 0.2) is 0 Å². The summed E-state index contributed by atoms with van der Waals surface area (Å²) in [6.07, 6.45) is 7.21. The van der Waals surface area contributed by atoms with Gasteiger partial charge in [0.05, 0.1) is 16.5 Å². The van der Waals surface area contributed by atoms with Crippen molar-refractivity contribution < 1.29 is 4.55 Å². The summed E-state index contributed by atoms with van der Waals surface area (Å²) in [6, 6.07) is 0. The van der Waals surface area contributed by atoms with E-state index in [9.17, 15) is 4.55 Å².